The topological polar surface area (TPSA) is 46.2 Å². The van der Waals surface area contributed by atoms with Gasteiger partial charge in [0, 0.05) is 18.3 Å². The molecular formula is C14H20FNO2S. The Morgan fingerprint density at radius 1 is 1.26 bits per heavy atom. The van der Waals surface area contributed by atoms with Gasteiger partial charge in [0.05, 0.1) is 5.25 Å². The van der Waals surface area contributed by atoms with Gasteiger partial charge in [-0.1, -0.05) is 18.6 Å². The number of hydrogen-bond acceptors (Lipinski definition) is 3. The molecule has 3 unspecified atom stereocenters. The second-order valence-corrected chi connectivity index (χ2v) is 7.61. The van der Waals surface area contributed by atoms with Crippen LogP contribution in [0.15, 0.2) is 24.3 Å². The van der Waals surface area contributed by atoms with E-state index >= 15 is 0 Å². The van der Waals surface area contributed by atoms with E-state index in [-0.39, 0.29) is 23.2 Å². The van der Waals surface area contributed by atoms with E-state index in [9.17, 15) is 12.8 Å². The van der Waals surface area contributed by atoms with E-state index in [4.69, 9.17) is 0 Å². The Kier molecular flexibility index (Phi) is 4.26. The van der Waals surface area contributed by atoms with Crippen LogP contribution in [-0.4, -0.2) is 26.0 Å². The van der Waals surface area contributed by atoms with Crippen molar-refractivity contribution in [3.8, 4) is 0 Å². The van der Waals surface area contributed by atoms with Crippen LogP contribution in [0.1, 0.15) is 37.8 Å². The number of nitrogens with one attached hydrogen (secondary N) is 1. The molecule has 0 bridgehead atoms. The van der Waals surface area contributed by atoms with Gasteiger partial charge in [-0.25, -0.2) is 12.8 Å². The minimum atomic E-state index is -3.01. The van der Waals surface area contributed by atoms with Gasteiger partial charge >= 0.3 is 0 Å². The van der Waals surface area contributed by atoms with Crippen molar-refractivity contribution in [2.24, 2.45) is 0 Å². The Labute approximate surface area is 114 Å². The maximum absolute atomic E-state index is 12.9. The lowest BCUT2D eigenvalue weighted by atomic mass is 10.1. The predicted molar refractivity (Wildman–Crippen MR) is 74.2 cm³/mol. The number of sulfone groups is 1. The minimum absolute atomic E-state index is 0.00458. The Balaban J connectivity index is 2.06. The van der Waals surface area contributed by atoms with Crippen LogP contribution in [-0.2, 0) is 9.84 Å². The number of benzene rings is 1. The van der Waals surface area contributed by atoms with Crippen LogP contribution in [0.4, 0.5) is 4.39 Å². The average Bonchev–Trinajstić information content (AvgIpc) is 2.77. The molecule has 1 aliphatic rings. The molecule has 3 nitrogen and oxygen atoms in total. The lowest BCUT2D eigenvalue weighted by Gasteiger charge is -2.24. The van der Waals surface area contributed by atoms with Gasteiger partial charge in [0.25, 0.3) is 0 Å². The largest absolute Gasteiger partial charge is 0.306 e. The second-order valence-electron chi connectivity index (χ2n) is 5.35. The van der Waals surface area contributed by atoms with E-state index in [2.05, 4.69) is 5.32 Å². The third-order valence-electron chi connectivity index (χ3n) is 3.84. The van der Waals surface area contributed by atoms with Crippen LogP contribution in [0.2, 0.25) is 0 Å². The van der Waals surface area contributed by atoms with E-state index in [0.29, 0.717) is 0 Å². The predicted octanol–water partition coefficient (Wildman–Crippen LogP) is 2.44. The molecule has 1 fully saturated rings. The van der Waals surface area contributed by atoms with Gasteiger partial charge in [-0.15, -0.1) is 0 Å². The van der Waals surface area contributed by atoms with Crippen LogP contribution in [0, 0.1) is 5.82 Å². The molecule has 0 heterocycles. The molecule has 2 rings (SSSR count). The maximum atomic E-state index is 12.9. The highest BCUT2D eigenvalue weighted by Crippen LogP contribution is 2.27. The SMILES string of the molecule is CC(NC1CCCC1S(C)(=O)=O)c1ccc(F)cc1. The molecule has 1 aliphatic carbocycles. The van der Waals surface area contributed by atoms with E-state index in [0.717, 1.165) is 24.8 Å². The zero-order valence-electron chi connectivity index (χ0n) is 11.3. The molecule has 1 aromatic carbocycles. The molecular weight excluding hydrogens is 265 g/mol. The van der Waals surface area contributed by atoms with Gasteiger partial charge in [0.2, 0.25) is 0 Å². The van der Waals surface area contributed by atoms with Crippen molar-refractivity contribution in [3.05, 3.63) is 35.6 Å². The fourth-order valence-electron chi connectivity index (χ4n) is 2.80. The van der Waals surface area contributed by atoms with Gasteiger partial charge < -0.3 is 5.32 Å². The maximum Gasteiger partial charge on any atom is 0.151 e. The summed E-state index contributed by atoms with van der Waals surface area (Å²) in [6.45, 7) is 1.98. The minimum Gasteiger partial charge on any atom is -0.306 e. The van der Waals surface area contributed by atoms with Gasteiger partial charge in [-0.2, -0.15) is 0 Å². The average molecular weight is 285 g/mol. The van der Waals surface area contributed by atoms with Crippen LogP contribution >= 0.6 is 0 Å². The summed E-state index contributed by atoms with van der Waals surface area (Å²) < 4.78 is 36.3. The van der Waals surface area contributed by atoms with E-state index in [1.807, 2.05) is 6.92 Å². The second kappa shape index (κ2) is 5.59. The highest BCUT2D eigenvalue weighted by atomic mass is 32.2. The van der Waals surface area contributed by atoms with Crippen LogP contribution in [0.25, 0.3) is 0 Å². The lowest BCUT2D eigenvalue weighted by molar-refractivity contribution is 0.455. The summed E-state index contributed by atoms with van der Waals surface area (Å²) >= 11 is 0. The van der Waals surface area contributed by atoms with E-state index in [1.54, 1.807) is 12.1 Å². The molecule has 1 N–H and O–H groups in total. The molecule has 1 aromatic rings. The van der Waals surface area contributed by atoms with Crippen LogP contribution in [0.3, 0.4) is 0 Å². The fourth-order valence-corrected chi connectivity index (χ4v) is 4.20. The molecule has 0 saturated heterocycles. The zero-order valence-corrected chi connectivity index (χ0v) is 12.1. The quantitative estimate of drug-likeness (QED) is 0.924. The van der Waals surface area contributed by atoms with E-state index in [1.165, 1.54) is 18.4 Å². The molecule has 0 aliphatic heterocycles. The first kappa shape index (κ1) is 14.5. The van der Waals surface area contributed by atoms with Gasteiger partial charge in [-0.3, -0.25) is 0 Å². The molecule has 0 spiro atoms. The zero-order chi connectivity index (χ0) is 14.0. The smallest absolute Gasteiger partial charge is 0.151 e. The normalized spacial score (nSPS) is 25.4. The summed E-state index contributed by atoms with van der Waals surface area (Å²) in [6.07, 6.45) is 3.85. The van der Waals surface area contributed by atoms with Crippen molar-refractivity contribution in [1.82, 2.24) is 5.32 Å². The number of halogens is 1. The third-order valence-corrected chi connectivity index (χ3v) is 5.50. The summed E-state index contributed by atoms with van der Waals surface area (Å²) in [7, 11) is -3.01. The molecule has 106 valence electrons. The first-order valence-electron chi connectivity index (χ1n) is 6.58. The summed E-state index contributed by atoms with van der Waals surface area (Å²) in [5, 5.41) is 3.07. The fraction of sp³-hybridized carbons (Fsp3) is 0.571. The molecule has 19 heavy (non-hydrogen) atoms. The number of rotatable bonds is 4. The highest BCUT2D eigenvalue weighted by Gasteiger charge is 2.35. The van der Waals surface area contributed by atoms with Crippen molar-refractivity contribution in [3.63, 3.8) is 0 Å². The van der Waals surface area contributed by atoms with Gasteiger partial charge in [-0.05, 0) is 37.5 Å². The molecule has 0 radical (unpaired) electrons. The van der Waals surface area contributed by atoms with Gasteiger partial charge in [0.15, 0.2) is 9.84 Å². The van der Waals surface area contributed by atoms with Crippen LogP contribution in [0.5, 0.6) is 0 Å². The molecule has 1 saturated carbocycles. The van der Waals surface area contributed by atoms with Crippen molar-refractivity contribution in [2.75, 3.05) is 6.26 Å². The Morgan fingerprint density at radius 3 is 2.47 bits per heavy atom. The lowest BCUT2D eigenvalue weighted by Crippen LogP contribution is -2.41. The first-order chi connectivity index (χ1) is 8.88. The molecule has 5 heteroatoms. The summed E-state index contributed by atoms with van der Waals surface area (Å²) in [5.74, 6) is -0.258. The van der Waals surface area contributed by atoms with Crippen molar-refractivity contribution in [1.29, 1.82) is 0 Å². The van der Waals surface area contributed by atoms with E-state index < -0.39 is 9.84 Å². The summed E-state index contributed by atoms with van der Waals surface area (Å²) in [6, 6.07) is 6.34. The van der Waals surface area contributed by atoms with Crippen LogP contribution < -0.4 is 5.32 Å². The summed E-state index contributed by atoms with van der Waals surface area (Å²) in [5.41, 5.74) is 0.973. The van der Waals surface area contributed by atoms with Crippen molar-refractivity contribution < 1.29 is 12.8 Å². The monoisotopic (exact) mass is 285 g/mol. The Morgan fingerprint density at radius 2 is 1.89 bits per heavy atom. The first-order valence-corrected chi connectivity index (χ1v) is 8.54. The Bertz CT molecular complexity index is 527. The number of hydrogen-bond donors (Lipinski definition) is 1. The van der Waals surface area contributed by atoms with Gasteiger partial charge in [0.1, 0.15) is 5.82 Å². The third kappa shape index (κ3) is 3.54. The Hall–Kier alpha value is -0.940. The van der Waals surface area contributed by atoms with Crippen molar-refractivity contribution >= 4 is 9.84 Å². The molecule has 0 aromatic heterocycles. The van der Waals surface area contributed by atoms with Crippen molar-refractivity contribution in [2.45, 2.75) is 43.5 Å². The summed E-state index contributed by atoms with van der Waals surface area (Å²) in [4.78, 5) is 0. The standard InChI is InChI=1S/C14H20FNO2S/c1-10(11-6-8-12(15)9-7-11)16-13-4-3-5-14(13)19(2,17)18/h6-10,13-14,16H,3-5H2,1-2H3. The molecule has 0 amide bonds. The molecule has 3 atom stereocenters. The highest BCUT2D eigenvalue weighted by molar-refractivity contribution is 7.91.